The van der Waals surface area contributed by atoms with E-state index in [1.54, 1.807) is 23.1 Å². The summed E-state index contributed by atoms with van der Waals surface area (Å²) in [5.41, 5.74) is -1.52. The van der Waals surface area contributed by atoms with E-state index in [-0.39, 0.29) is 42.3 Å². The molecule has 0 aromatic heterocycles. The second-order valence-electron chi connectivity index (χ2n) is 12.6. The average Bonchev–Trinajstić information content (AvgIpc) is 2.92. The minimum Gasteiger partial charge on any atom is -0.299 e. The van der Waals surface area contributed by atoms with Gasteiger partial charge in [0.05, 0.1) is 16.7 Å². The summed E-state index contributed by atoms with van der Waals surface area (Å²) in [6, 6.07) is 11.4. The summed E-state index contributed by atoms with van der Waals surface area (Å²) in [7, 11) is 0. The number of carbonyl (C=O) groups is 1. The molecular weight excluding hydrogens is 621 g/mol. The zero-order chi connectivity index (χ0) is 34.6. The monoisotopic (exact) mass is 659 g/mol. The highest BCUT2D eigenvalue weighted by Gasteiger charge is 2.37. The predicted molar refractivity (Wildman–Crippen MR) is 160 cm³/mol. The van der Waals surface area contributed by atoms with Crippen LogP contribution in [-0.4, -0.2) is 17.2 Å². The van der Waals surface area contributed by atoms with E-state index in [2.05, 4.69) is 0 Å². The summed E-state index contributed by atoms with van der Waals surface area (Å²) in [6.45, 7) is 9.48. The quantitative estimate of drug-likeness (QED) is 0.180. The second-order valence-corrected chi connectivity index (χ2v) is 12.6. The van der Waals surface area contributed by atoms with Gasteiger partial charge in [0.2, 0.25) is 0 Å². The fourth-order valence-electron chi connectivity index (χ4n) is 5.32. The van der Waals surface area contributed by atoms with Gasteiger partial charge < -0.3 is 0 Å². The lowest BCUT2D eigenvalue weighted by molar-refractivity contribution is -0.143. The number of alkyl halides is 9. The molecule has 0 aliphatic rings. The van der Waals surface area contributed by atoms with Crippen molar-refractivity contribution >= 4 is 5.78 Å². The van der Waals surface area contributed by atoms with Crippen molar-refractivity contribution < 1.29 is 44.3 Å². The Bertz CT molecular complexity index is 1440. The number of benzene rings is 3. The van der Waals surface area contributed by atoms with Gasteiger partial charge in [-0.2, -0.15) is 39.5 Å². The predicted octanol–water partition coefficient (Wildman–Crippen LogP) is 11.2. The van der Waals surface area contributed by atoms with Crippen LogP contribution in [-0.2, 0) is 36.4 Å². The maximum Gasteiger partial charge on any atom is 0.416 e. The summed E-state index contributed by atoms with van der Waals surface area (Å²) >= 11 is 0. The lowest BCUT2D eigenvalue weighted by atomic mass is 9.85. The molecule has 0 aliphatic heterocycles. The second kappa shape index (κ2) is 14.6. The molecule has 1 atom stereocenters. The third kappa shape index (κ3) is 10.6. The number of hydrogen-bond acceptors (Lipinski definition) is 2. The van der Waals surface area contributed by atoms with Crippen LogP contribution < -0.4 is 0 Å². The minimum atomic E-state index is -4.98. The molecule has 2 nitrogen and oxygen atoms in total. The molecule has 252 valence electrons. The Labute approximate surface area is 263 Å². The van der Waals surface area contributed by atoms with E-state index in [1.165, 1.54) is 19.1 Å². The van der Waals surface area contributed by atoms with Crippen LogP contribution in [0.3, 0.4) is 0 Å². The van der Waals surface area contributed by atoms with Crippen LogP contribution in [0.15, 0.2) is 60.7 Å². The highest BCUT2D eigenvalue weighted by molar-refractivity contribution is 5.84. The summed E-state index contributed by atoms with van der Waals surface area (Å²) in [5.74, 6) is -0.310. The Balaban J connectivity index is 2.12. The van der Waals surface area contributed by atoms with E-state index in [0.717, 1.165) is 24.3 Å². The zero-order valence-electron chi connectivity index (χ0n) is 26.3. The van der Waals surface area contributed by atoms with Gasteiger partial charge in [0, 0.05) is 19.0 Å². The van der Waals surface area contributed by atoms with Gasteiger partial charge >= 0.3 is 18.5 Å². The van der Waals surface area contributed by atoms with Gasteiger partial charge in [-0.3, -0.25) is 9.69 Å². The van der Waals surface area contributed by atoms with E-state index < -0.39 is 41.1 Å². The van der Waals surface area contributed by atoms with Crippen LogP contribution in [0.2, 0.25) is 0 Å². The van der Waals surface area contributed by atoms with Crippen molar-refractivity contribution in [2.45, 2.75) is 85.0 Å². The molecule has 1 unspecified atom stereocenters. The van der Waals surface area contributed by atoms with Crippen molar-refractivity contribution in [3.05, 3.63) is 94.0 Å². The van der Waals surface area contributed by atoms with Gasteiger partial charge in [0.15, 0.2) is 0 Å². The number of halogens is 9. The number of hydrogen-bond donors (Lipinski definition) is 0. The molecule has 0 fully saturated rings. The van der Waals surface area contributed by atoms with Gasteiger partial charge in [-0.1, -0.05) is 52.0 Å². The third-order valence-electron chi connectivity index (χ3n) is 7.64. The number of Topliss-reactive ketones (excluding diaryl/α,β-unsaturated/α-hetero) is 1. The molecule has 0 heterocycles. The maximum atomic E-state index is 13.6. The minimum absolute atomic E-state index is 0.0956. The normalized spacial score (nSPS) is 13.6. The molecule has 0 spiro atoms. The summed E-state index contributed by atoms with van der Waals surface area (Å²) < 4.78 is 121. The Morgan fingerprint density at radius 1 is 0.630 bits per heavy atom. The molecule has 0 radical (unpaired) electrons. The first kappa shape index (κ1) is 37.1. The van der Waals surface area contributed by atoms with E-state index in [9.17, 15) is 44.3 Å². The topological polar surface area (TPSA) is 20.3 Å². The van der Waals surface area contributed by atoms with Gasteiger partial charge in [-0.15, -0.1) is 0 Å². The van der Waals surface area contributed by atoms with E-state index in [4.69, 9.17) is 0 Å². The molecule has 0 saturated carbocycles. The first-order valence-electron chi connectivity index (χ1n) is 15.0. The molecule has 3 rings (SSSR count). The van der Waals surface area contributed by atoms with Crippen molar-refractivity contribution in [3.63, 3.8) is 0 Å². The molecule has 0 bridgehead atoms. The van der Waals surface area contributed by atoms with Crippen LogP contribution in [0.25, 0.3) is 11.1 Å². The van der Waals surface area contributed by atoms with Gasteiger partial charge in [-0.05, 0) is 102 Å². The molecular formula is C35H38F9NO. The van der Waals surface area contributed by atoms with Crippen molar-refractivity contribution in [1.82, 2.24) is 4.90 Å². The lowest BCUT2D eigenvalue weighted by Crippen LogP contribution is -2.26. The van der Waals surface area contributed by atoms with E-state index in [0.29, 0.717) is 41.6 Å². The molecule has 0 N–H and O–H groups in total. The smallest absolute Gasteiger partial charge is 0.299 e. The SMILES string of the molecule is CC(=O)C(CC(C)C)c1cc(CN(CCC(C)C)Cc2cc(C(F)(F)F)cc(C(F)(F)F)c2)cc(-c2ccc(C(F)(F)F)cc2)c1. The Morgan fingerprint density at radius 2 is 1.13 bits per heavy atom. The number of nitrogens with zero attached hydrogens (tertiary/aromatic N) is 1. The number of rotatable bonds is 12. The highest BCUT2D eigenvalue weighted by atomic mass is 19.4. The van der Waals surface area contributed by atoms with Gasteiger partial charge in [-0.25, -0.2) is 0 Å². The highest BCUT2D eigenvalue weighted by Crippen LogP contribution is 2.37. The Hall–Kier alpha value is -3.34. The standard InChI is InChI=1S/C35H38F9NO/c1-21(2)10-11-45(20-25-15-30(34(39,40)41)18-31(16-25)35(42,43)44)19-24-13-27(26-6-8-29(9-7-26)33(36,37)38)17-28(14-24)32(23(5)46)12-22(3)4/h6-9,13-18,21-22,32H,10-12,19-20H2,1-5H3. The average molecular weight is 660 g/mol. The lowest BCUT2D eigenvalue weighted by Gasteiger charge is -2.26. The fraction of sp³-hybridized carbons (Fsp3) is 0.457. The molecule has 0 saturated heterocycles. The first-order valence-corrected chi connectivity index (χ1v) is 15.0. The van der Waals surface area contributed by atoms with Crippen LogP contribution in [0, 0.1) is 11.8 Å². The van der Waals surface area contributed by atoms with Crippen molar-refractivity contribution in [2.24, 2.45) is 11.8 Å². The van der Waals surface area contributed by atoms with Gasteiger partial charge in [0.25, 0.3) is 0 Å². The molecule has 0 aliphatic carbocycles. The van der Waals surface area contributed by atoms with Crippen molar-refractivity contribution in [2.75, 3.05) is 6.54 Å². The number of carbonyl (C=O) groups excluding carboxylic acids is 1. The maximum absolute atomic E-state index is 13.6. The van der Waals surface area contributed by atoms with Gasteiger partial charge in [0.1, 0.15) is 5.78 Å². The molecule has 3 aromatic carbocycles. The summed E-state index contributed by atoms with van der Waals surface area (Å²) in [5, 5.41) is 0. The first-order chi connectivity index (χ1) is 21.1. The fourth-order valence-corrected chi connectivity index (χ4v) is 5.32. The van der Waals surface area contributed by atoms with Crippen molar-refractivity contribution in [1.29, 1.82) is 0 Å². The largest absolute Gasteiger partial charge is 0.416 e. The van der Waals surface area contributed by atoms with Crippen LogP contribution in [0.4, 0.5) is 39.5 Å². The Kier molecular flexibility index (Phi) is 11.8. The molecule has 46 heavy (non-hydrogen) atoms. The van der Waals surface area contributed by atoms with Crippen LogP contribution >= 0.6 is 0 Å². The van der Waals surface area contributed by atoms with E-state index >= 15 is 0 Å². The summed E-state index contributed by atoms with van der Waals surface area (Å²) in [4.78, 5) is 14.5. The molecule has 3 aromatic rings. The summed E-state index contributed by atoms with van der Waals surface area (Å²) in [6.07, 6.45) is -13.4. The number of ketones is 1. The van der Waals surface area contributed by atoms with E-state index in [1.807, 2.05) is 27.7 Å². The van der Waals surface area contributed by atoms with Crippen molar-refractivity contribution in [3.8, 4) is 11.1 Å². The molecule has 11 heteroatoms. The van der Waals surface area contributed by atoms with Crippen LogP contribution in [0.1, 0.15) is 86.8 Å². The van der Waals surface area contributed by atoms with Crippen LogP contribution in [0.5, 0.6) is 0 Å². The third-order valence-corrected chi connectivity index (χ3v) is 7.64. The Morgan fingerprint density at radius 3 is 1.57 bits per heavy atom. The zero-order valence-corrected chi connectivity index (χ0v) is 26.3. The molecule has 0 amide bonds.